The van der Waals surface area contributed by atoms with Gasteiger partial charge in [0.15, 0.2) is 0 Å². The standard InChI is InChI=1S/C30H50N3O5P/c1-9-12-20(10-2)19-37-24(21-14-15-21)22(16-18-39)31-26(34)23-13-11-17-33(23)27(35)25(29(3,4)5)32-28(36)38-30(6,7)8/h9-10,12,18,21-25,39H,11,13-17,19H2,1-8H3,(H,31,34)(H,32,36)/b12-9-,20-10+. The third-order valence-electron chi connectivity index (χ3n) is 6.99. The van der Waals surface area contributed by atoms with E-state index in [2.05, 4.69) is 19.5 Å². The number of allylic oxidation sites excluding steroid dienone is 2. The average molecular weight is 564 g/mol. The fraction of sp³-hybridized carbons (Fsp3) is 0.733. The van der Waals surface area contributed by atoms with Crippen LogP contribution in [0.25, 0.3) is 0 Å². The Bertz CT molecular complexity index is 930. The highest BCUT2D eigenvalue weighted by atomic mass is 31.0. The lowest BCUT2D eigenvalue weighted by Gasteiger charge is -2.36. The van der Waals surface area contributed by atoms with Gasteiger partial charge >= 0.3 is 6.09 Å². The predicted octanol–water partition coefficient (Wildman–Crippen LogP) is 5.05. The number of carbonyl (C=O) groups is 3. The third-order valence-corrected chi connectivity index (χ3v) is 7.22. The van der Waals surface area contributed by atoms with Gasteiger partial charge < -0.3 is 25.0 Å². The van der Waals surface area contributed by atoms with Crippen LogP contribution in [0, 0.1) is 11.3 Å². The van der Waals surface area contributed by atoms with Crippen molar-refractivity contribution in [2.24, 2.45) is 11.3 Å². The van der Waals surface area contributed by atoms with Crippen molar-refractivity contribution < 1.29 is 23.9 Å². The minimum Gasteiger partial charge on any atom is -0.444 e. The van der Waals surface area contributed by atoms with Gasteiger partial charge in [-0.3, -0.25) is 9.59 Å². The van der Waals surface area contributed by atoms with Crippen LogP contribution in [0.1, 0.15) is 87.5 Å². The SMILES string of the molecule is C/C=C\C(=C/C)COC(C1CC1)C(CC=P)NC(=O)C1CCCN1C(=O)C(NC(=O)OC(C)(C)C)C(C)(C)C. The van der Waals surface area contributed by atoms with Gasteiger partial charge in [-0.2, -0.15) is 0 Å². The van der Waals surface area contributed by atoms with E-state index in [-0.39, 0.29) is 24.0 Å². The van der Waals surface area contributed by atoms with Crippen LogP contribution in [0.5, 0.6) is 0 Å². The summed E-state index contributed by atoms with van der Waals surface area (Å²) < 4.78 is 11.8. The molecule has 0 bridgehead atoms. The highest BCUT2D eigenvalue weighted by molar-refractivity contribution is 7.18. The largest absolute Gasteiger partial charge is 0.444 e. The number of likely N-dealkylation sites (tertiary alicyclic amines) is 1. The molecule has 4 atom stereocenters. The number of alkyl carbamates (subject to hydrolysis) is 1. The maximum Gasteiger partial charge on any atom is 0.408 e. The van der Waals surface area contributed by atoms with Gasteiger partial charge in [-0.1, -0.05) is 44.8 Å². The first-order chi connectivity index (χ1) is 18.2. The molecule has 1 saturated carbocycles. The summed E-state index contributed by atoms with van der Waals surface area (Å²) in [6.45, 7) is 15.9. The van der Waals surface area contributed by atoms with Crippen molar-refractivity contribution in [2.75, 3.05) is 13.2 Å². The van der Waals surface area contributed by atoms with E-state index < -0.39 is 29.2 Å². The fourth-order valence-electron chi connectivity index (χ4n) is 4.86. The van der Waals surface area contributed by atoms with Crippen LogP contribution < -0.4 is 10.6 Å². The second-order valence-electron chi connectivity index (χ2n) is 12.7. The van der Waals surface area contributed by atoms with Crippen molar-refractivity contribution in [3.8, 4) is 0 Å². The van der Waals surface area contributed by atoms with Gasteiger partial charge in [0, 0.05) is 6.54 Å². The molecule has 4 unspecified atom stereocenters. The molecular formula is C30H50N3O5P. The number of amides is 3. The minimum absolute atomic E-state index is 0.122. The summed E-state index contributed by atoms with van der Waals surface area (Å²) in [6, 6.07) is -1.66. The summed E-state index contributed by atoms with van der Waals surface area (Å²) in [5.41, 5.74) is -0.172. The molecule has 0 aromatic rings. The average Bonchev–Trinajstić information content (AvgIpc) is 3.54. The van der Waals surface area contributed by atoms with Gasteiger partial charge in [0.05, 0.1) is 18.8 Å². The van der Waals surface area contributed by atoms with Crippen LogP contribution in [-0.2, 0) is 19.1 Å². The van der Waals surface area contributed by atoms with Crippen molar-refractivity contribution in [1.29, 1.82) is 0 Å². The van der Waals surface area contributed by atoms with Crippen LogP contribution in [-0.4, -0.2) is 71.6 Å². The number of nitrogens with one attached hydrogen (secondary N) is 2. The normalized spacial score (nSPS) is 20.9. The number of hydrogen-bond donors (Lipinski definition) is 2. The molecule has 1 aliphatic carbocycles. The van der Waals surface area contributed by atoms with Gasteiger partial charge in [-0.15, -0.1) is 8.86 Å². The van der Waals surface area contributed by atoms with Crippen LogP contribution >= 0.6 is 8.86 Å². The lowest BCUT2D eigenvalue weighted by atomic mass is 9.85. The molecule has 2 aliphatic rings. The Kier molecular flexibility index (Phi) is 12.2. The highest BCUT2D eigenvalue weighted by Crippen LogP contribution is 2.37. The predicted molar refractivity (Wildman–Crippen MR) is 159 cm³/mol. The van der Waals surface area contributed by atoms with Crippen molar-refractivity contribution in [1.82, 2.24) is 15.5 Å². The Morgan fingerprint density at radius 2 is 1.72 bits per heavy atom. The third kappa shape index (κ3) is 10.4. The van der Waals surface area contributed by atoms with E-state index in [1.165, 1.54) is 0 Å². The summed E-state index contributed by atoms with van der Waals surface area (Å²) in [6.07, 6.45) is 9.34. The van der Waals surface area contributed by atoms with E-state index in [0.29, 0.717) is 31.9 Å². The monoisotopic (exact) mass is 563 g/mol. The number of rotatable bonds is 12. The lowest BCUT2D eigenvalue weighted by Crippen LogP contribution is -2.59. The van der Waals surface area contributed by atoms with Crippen LogP contribution in [0.4, 0.5) is 4.79 Å². The first kappa shape index (κ1) is 33.0. The highest BCUT2D eigenvalue weighted by Gasteiger charge is 2.44. The Morgan fingerprint density at radius 1 is 1.05 bits per heavy atom. The van der Waals surface area contributed by atoms with Crippen LogP contribution in [0.15, 0.2) is 23.8 Å². The molecule has 2 rings (SSSR count). The van der Waals surface area contributed by atoms with E-state index in [4.69, 9.17) is 9.47 Å². The van der Waals surface area contributed by atoms with E-state index in [1.54, 1.807) is 25.7 Å². The second kappa shape index (κ2) is 14.5. The molecule has 9 heteroatoms. The zero-order chi connectivity index (χ0) is 29.4. The molecule has 0 spiro atoms. The maximum absolute atomic E-state index is 13.8. The minimum atomic E-state index is -0.833. The summed E-state index contributed by atoms with van der Waals surface area (Å²) in [7, 11) is 3.48. The van der Waals surface area contributed by atoms with Gasteiger partial charge in [-0.05, 0) is 83.6 Å². The molecule has 2 fully saturated rings. The van der Waals surface area contributed by atoms with Gasteiger partial charge in [0.1, 0.15) is 17.7 Å². The zero-order valence-electron chi connectivity index (χ0n) is 25.1. The Hall–Kier alpha value is -2.18. The van der Waals surface area contributed by atoms with Gasteiger partial charge in [0.2, 0.25) is 11.8 Å². The van der Waals surface area contributed by atoms with Crippen molar-refractivity contribution in [3.63, 3.8) is 0 Å². The molecule has 2 N–H and O–H groups in total. The Labute approximate surface area is 237 Å². The van der Waals surface area contributed by atoms with Crippen LogP contribution in [0.3, 0.4) is 0 Å². The molecule has 1 heterocycles. The number of carbonyl (C=O) groups excluding carboxylic acids is 3. The molecule has 220 valence electrons. The van der Waals surface area contributed by atoms with E-state index in [9.17, 15) is 14.4 Å². The number of nitrogens with zero attached hydrogens (tertiary/aromatic N) is 1. The molecule has 39 heavy (non-hydrogen) atoms. The summed E-state index contributed by atoms with van der Waals surface area (Å²) in [5, 5.41) is 5.99. The quantitative estimate of drug-likeness (QED) is 0.256. The topological polar surface area (TPSA) is 97.0 Å². The molecule has 1 aliphatic heterocycles. The molecule has 0 aromatic carbocycles. The smallest absolute Gasteiger partial charge is 0.408 e. The van der Waals surface area contributed by atoms with Gasteiger partial charge in [-0.25, -0.2) is 4.79 Å². The second-order valence-corrected chi connectivity index (χ2v) is 13.1. The Balaban J connectivity index is 2.17. The Morgan fingerprint density at radius 3 is 2.23 bits per heavy atom. The molecule has 0 radical (unpaired) electrons. The molecule has 8 nitrogen and oxygen atoms in total. The van der Waals surface area contributed by atoms with Crippen molar-refractivity contribution >= 4 is 32.6 Å². The first-order valence-electron chi connectivity index (χ1n) is 14.2. The summed E-state index contributed by atoms with van der Waals surface area (Å²) in [5.74, 6) is 1.81. The molecule has 1 saturated heterocycles. The molecule has 3 amide bonds. The maximum atomic E-state index is 13.8. The van der Waals surface area contributed by atoms with E-state index in [1.807, 2.05) is 58.6 Å². The van der Waals surface area contributed by atoms with Crippen LogP contribution in [0.2, 0.25) is 0 Å². The van der Waals surface area contributed by atoms with E-state index in [0.717, 1.165) is 24.8 Å². The summed E-state index contributed by atoms with van der Waals surface area (Å²) in [4.78, 5) is 41.6. The molecule has 0 aromatic heterocycles. The van der Waals surface area contributed by atoms with E-state index >= 15 is 0 Å². The van der Waals surface area contributed by atoms with Gasteiger partial charge in [0.25, 0.3) is 0 Å². The lowest BCUT2D eigenvalue weighted by molar-refractivity contribution is -0.142. The fourth-order valence-corrected chi connectivity index (χ4v) is 5.12. The summed E-state index contributed by atoms with van der Waals surface area (Å²) >= 11 is 0. The van der Waals surface area contributed by atoms with Crippen molar-refractivity contribution in [2.45, 2.75) is 117 Å². The number of hydrogen-bond acceptors (Lipinski definition) is 5. The molecular weight excluding hydrogens is 513 g/mol. The van der Waals surface area contributed by atoms with Crippen molar-refractivity contribution in [3.05, 3.63) is 23.8 Å². The first-order valence-corrected chi connectivity index (χ1v) is 14.8. The zero-order valence-corrected chi connectivity index (χ0v) is 26.1. The number of ether oxygens (including phenoxy) is 2.